The molecule has 0 saturated heterocycles. The minimum atomic E-state index is -2.82. The first-order valence-corrected chi connectivity index (χ1v) is 6.26. The van der Waals surface area contributed by atoms with Crippen LogP contribution in [-0.2, 0) is 6.42 Å². The zero-order chi connectivity index (χ0) is 13.8. The molecule has 0 aliphatic carbocycles. The van der Waals surface area contributed by atoms with Crippen LogP contribution in [0.15, 0.2) is 24.3 Å². The third-order valence-electron chi connectivity index (χ3n) is 2.79. The van der Waals surface area contributed by atoms with Gasteiger partial charge in [-0.2, -0.15) is 8.78 Å². The maximum atomic E-state index is 12.2. The number of benzene rings is 1. The van der Waals surface area contributed by atoms with Gasteiger partial charge in [-0.05, 0) is 37.6 Å². The third-order valence-corrected chi connectivity index (χ3v) is 2.79. The number of hydrogen-bond donors (Lipinski definition) is 1. The Morgan fingerprint density at radius 3 is 2.68 bits per heavy atom. The summed E-state index contributed by atoms with van der Waals surface area (Å²) in [6.07, 6.45) is 0.823. The molecule has 1 N–H and O–H groups in total. The molecule has 0 amide bonds. The van der Waals surface area contributed by atoms with Crippen molar-refractivity contribution in [3.63, 3.8) is 0 Å². The largest absolute Gasteiger partial charge is 0.435 e. The fraction of sp³-hybridized carbons (Fsp3) is 0.357. The number of fused-ring (bicyclic) bond motifs is 1. The van der Waals surface area contributed by atoms with Crippen molar-refractivity contribution >= 4 is 16.6 Å². The number of pyridine rings is 1. The van der Waals surface area contributed by atoms with E-state index in [2.05, 4.69) is 15.0 Å². The van der Waals surface area contributed by atoms with Gasteiger partial charge in [0.25, 0.3) is 0 Å². The van der Waals surface area contributed by atoms with Gasteiger partial charge in [0.2, 0.25) is 0 Å². The first kappa shape index (κ1) is 13.5. The van der Waals surface area contributed by atoms with Crippen molar-refractivity contribution in [1.29, 1.82) is 0 Å². The van der Waals surface area contributed by atoms with E-state index in [0.717, 1.165) is 35.2 Å². The lowest BCUT2D eigenvalue weighted by atomic mass is 10.1. The summed E-state index contributed by atoms with van der Waals surface area (Å²) >= 11 is 0. The number of halogens is 2. The normalized spacial score (nSPS) is 11.0. The standard InChI is InChI=1S/C14H16F2N2O/c1-3-9-7-13(17-4-2)11-8-10(19-14(15)16)5-6-12(11)18-9/h5-8,14H,3-4H2,1-2H3,(H,17,18). The van der Waals surface area contributed by atoms with Crippen molar-refractivity contribution in [1.82, 2.24) is 4.98 Å². The van der Waals surface area contributed by atoms with Crippen LogP contribution in [0.25, 0.3) is 10.9 Å². The van der Waals surface area contributed by atoms with Gasteiger partial charge < -0.3 is 10.1 Å². The molecule has 0 spiro atoms. The van der Waals surface area contributed by atoms with E-state index in [-0.39, 0.29) is 5.75 Å². The van der Waals surface area contributed by atoms with E-state index in [9.17, 15) is 8.78 Å². The van der Waals surface area contributed by atoms with Gasteiger partial charge in [-0.15, -0.1) is 0 Å². The van der Waals surface area contributed by atoms with Crippen LogP contribution in [0.5, 0.6) is 5.75 Å². The van der Waals surface area contributed by atoms with Gasteiger partial charge in [-0.3, -0.25) is 4.98 Å². The highest BCUT2D eigenvalue weighted by Gasteiger charge is 2.09. The minimum absolute atomic E-state index is 0.146. The summed E-state index contributed by atoms with van der Waals surface area (Å²) in [5.74, 6) is 0.146. The predicted molar refractivity (Wildman–Crippen MR) is 71.9 cm³/mol. The van der Waals surface area contributed by atoms with E-state index < -0.39 is 6.61 Å². The predicted octanol–water partition coefficient (Wildman–Crippen LogP) is 3.83. The van der Waals surface area contributed by atoms with Crippen molar-refractivity contribution in [2.75, 3.05) is 11.9 Å². The Morgan fingerprint density at radius 2 is 2.05 bits per heavy atom. The number of ether oxygens (including phenoxy) is 1. The summed E-state index contributed by atoms with van der Waals surface area (Å²) < 4.78 is 28.9. The minimum Gasteiger partial charge on any atom is -0.435 e. The van der Waals surface area contributed by atoms with E-state index in [0.29, 0.717) is 0 Å². The van der Waals surface area contributed by atoms with Crippen molar-refractivity contribution in [3.8, 4) is 5.75 Å². The topological polar surface area (TPSA) is 34.2 Å². The molecule has 0 atom stereocenters. The molecule has 3 nitrogen and oxygen atoms in total. The monoisotopic (exact) mass is 266 g/mol. The third kappa shape index (κ3) is 3.10. The van der Waals surface area contributed by atoms with Crippen LogP contribution in [0.2, 0.25) is 0 Å². The van der Waals surface area contributed by atoms with Crippen molar-refractivity contribution in [2.24, 2.45) is 0 Å². The van der Waals surface area contributed by atoms with Crippen LogP contribution in [0.4, 0.5) is 14.5 Å². The SMILES string of the molecule is CCNc1cc(CC)nc2ccc(OC(F)F)cc12. The second-order valence-corrected chi connectivity index (χ2v) is 4.10. The van der Waals surface area contributed by atoms with Gasteiger partial charge in [-0.1, -0.05) is 6.92 Å². The van der Waals surface area contributed by atoms with Crippen molar-refractivity contribution in [2.45, 2.75) is 26.9 Å². The number of rotatable bonds is 5. The molecule has 1 aromatic heterocycles. The Balaban J connectivity index is 2.52. The number of anilines is 1. The van der Waals surface area contributed by atoms with Gasteiger partial charge >= 0.3 is 6.61 Å². The molecule has 0 aliphatic rings. The first-order valence-electron chi connectivity index (χ1n) is 6.26. The molecule has 0 radical (unpaired) electrons. The summed E-state index contributed by atoms with van der Waals surface area (Å²) in [6.45, 7) is 1.94. The molecule has 0 unspecified atom stereocenters. The smallest absolute Gasteiger partial charge is 0.387 e. The lowest BCUT2D eigenvalue weighted by molar-refractivity contribution is -0.0497. The molecule has 0 saturated carbocycles. The van der Waals surface area contributed by atoms with E-state index in [1.807, 2.05) is 19.9 Å². The molecule has 2 aromatic rings. The molecule has 1 aromatic carbocycles. The Kier molecular flexibility index (Phi) is 4.14. The summed E-state index contributed by atoms with van der Waals surface area (Å²) in [5, 5.41) is 4.01. The zero-order valence-electron chi connectivity index (χ0n) is 10.9. The number of alkyl halides is 2. The molecular weight excluding hydrogens is 250 g/mol. The highest BCUT2D eigenvalue weighted by atomic mass is 19.3. The maximum Gasteiger partial charge on any atom is 0.387 e. The van der Waals surface area contributed by atoms with Gasteiger partial charge in [-0.25, -0.2) is 0 Å². The molecule has 102 valence electrons. The van der Waals surface area contributed by atoms with Crippen molar-refractivity contribution in [3.05, 3.63) is 30.0 Å². The molecule has 0 aliphatic heterocycles. The fourth-order valence-corrected chi connectivity index (χ4v) is 1.95. The zero-order valence-corrected chi connectivity index (χ0v) is 10.9. The van der Waals surface area contributed by atoms with Crippen LogP contribution in [0, 0.1) is 0 Å². The van der Waals surface area contributed by atoms with E-state index in [1.165, 1.54) is 6.07 Å². The Labute approximate surface area is 110 Å². The molecule has 1 heterocycles. The van der Waals surface area contributed by atoms with Crippen LogP contribution >= 0.6 is 0 Å². The quantitative estimate of drug-likeness (QED) is 0.893. The van der Waals surface area contributed by atoms with Crippen LogP contribution in [0.3, 0.4) is 0 Å². The summed E-state index contributed by atoms with van der Waals surface area (Å²) in [5.41, 5.74) is 2.63. The van der Waals surface area contributed by atoms with E-state index in [1.54, 1.807) is 12.1 Å². The molecular formula is C14H16F2N2O. The second kappa shape index (κ2) is 5.82. The van der Waals surface area contributed by atoms with Crippen LogP contribution in [-0.4, -0.2) is 18.1 Å². The number of aryl methyl sites for hydroxylation is 1. The first-order chi connectivity index (χ1) is 9.13. The Hall–Kier alpha value is -1.91. The number of nitrogens with one attached hydrogen (secondary N) is 1. The Bertz CT molecular complexity index is 573. The molecule has 2 rings (SSSR count). The number of aromatic nitrogens is 1. The average Bonchev–Trinajstić information content (AvgIpc) is 2.38. The average molecular weight is 266 g/mol. The molecule has 19 heavy (non-hydrogen) atoms. The Morgan fingerprint density at radius 1 is 1.26 bits per heavy atom. The lowest BCUT2D eigenvalue weighted by Gasteiger charge is -2.11. The second-order valence-electron chi connectivity index (χ2n) is 4.10. The van der Waals surface area contributed by atoms with Gasteiger partial charge in [0.05, 0.1) is 5.52 Å². The van der Waals surface area contributed by atoms with Crippen LogP contribution < -0.4 is 10.1 Å². The van der Waals surface area contributed by atoms with Gasteiger partial charge in [0.1, 0.15) is 5.75 Å². The van der Waals surface area contributed by atoms with E-state index in [4.69, 9.17) is 0 Å². The molecule has 0 bridgehead atoms. The number of hydrogen-bond acceptors (Lipinski definition) is 3. The maximum absolute atomic E-state index is 12.2. The lowest BCUT2D eigenvalue weighted by Crippen LogP contribution is -2.03. The summed E-state index contributed by atoms with van der Waals surface area (Å²) in [7, 11) is 0. The van der Waals surface area contributed by atoms with Gasteiger partial charge in [0, 0.05) is 23.3 Å². The number of nitrogens with zero attached hydrogens (tertiary/aromatic N) is 1. The summed E-state index contributed by atoms with van der Waals surface area (Å²) in [4.78, 5) is 4.47. The van der Waals surface area contributed by atoms with Crippen molar-refractivity contribution < 1.29 is 13.5 Å². The highest BCUT2D eigenvalue weighted by molar-refractivity contribution is 5.92. The van der Waals surface area contributed by atoms with Crippen LogP contribution in [0.1, 0.15) is 19.5 Å². The molecule has 5 heteroatoms. The van der Waals surface area contributed by atoms with E-state index >= 15 is 0 Å². The summed E-state index contributed by atoms with van der Waals surface area (Å²) in [6, 6.07) is 6.74. The molecule has 0 fully saturated rings. The van der Waals surface area contributed by atoms with Gasteiger partial charge in [0.15, 0.2) is 0 Å². The fourth-order valence-electron chi connectivity index (χ4n) is 1.95. The highest BCUT2D eigenvalue weighted by Crippen LogP contribution is 2.28.